The predicted molar refractivity (Wildman–Crippen MR) is 75.9 cm³/mol. The quantitative estimate of drug-likeness (QED) is 0.832. The van der Waals surface area contributed by atoms with E-state index < -0.39 is 0 Å². The molecule has 2 nitrogen and oxygen atoms in total. The van der Waals surface area contributed by atoms with E-state index in [1.54, 1.807) is 0 Å². The summed E-state index contributed by atoms with van der Waals surface area (Å²) in [5.41, 5.74) is 4.07. The van der Waals surface area contributed by atoms with E-state index in [1.165, 1.54) is 29.5 Å². The van der Waals surface area contributed by atoms with Gasteiger partial charge in [0.15, 0.2) is 0 Å². The second-order valence-electron chi connectivity index (χ2n) is 5.37. The van der Waals surface area contributed by atoms with Gasteiger partial charge >= 0.3 is 0 Å². The van der Waals surface area contributed by atoms with Gasteiger partial charge in [-0.25, -0.2) is 0 Å². The van der Waals surface area contributed by atoms with E-state index in [1.807, 2.05) is 7.05 Å². The van der Waals surface area contributed by atoms with Gasteiger partial charge in [0.1, 0.15) is 0 Å². The maximum atomic E-state index is 5.98. The van der Waals surface area contributed by atoms with Crippen LogP contribution in [0.25, 0.3) is 0 Å². The fourth-order valence-corrected chi connectivity index (χ4v) is 2.60. The van der Waals surface area contributed by atoms with Crippen LogP contribution in [-0.2, 0) is 4.74 Å². The summed E-state index contributed by atoms with van der Waals surface area (Å²) in [5, 5.41) is 3.45. The van der Waals surface area contributed by atoms with E-state index in [4.69, 9.17) is 4.74 Å². The van der Waals surface area contributed by atoms with Gasteiger partial charge in [0, 0.05) is 6.61 Å². The number of aryl methyl sites for hydroxylation is 2. The lowest BCUT2D eigenvalue weighted by atomic mass is 9.95. The molecular weight excluding hydrogens is 222 g/mol. The van der Waals surface area contributed by atoms with E-state index in [0.29, 0.717) is 12.1 Å². The molecular formula is C16H25NO. The average Bonchev–Trinajstić information content (AvgIpc) is 3.17. The molecule has 1 fully saturated rings. The zero-order chi connectivity index (χ0) is 13.1. The summed E-state index contributed by atoms with van der Waals surface area (Å²) in [5.74, 6) is 0.740. The first-order valence-electron chi connectivity index (χ1n) is 7.03. The molecule has 2 heteroatoms. The highest BCUT2D eigenvalue weighted by molar-refractivity contribution is 5.32. The summed E-state index contributed by atoms with van der Waals surface area (Å²) in [7, 11) is 2.04. The van der Waals surface area contributed by atoms with Crippen LogP contribution >= 0.6 is 0 Å². The largest absolute Gasteiger partial charge is 0.376 e. The summed E-state index contributed by atoms with van der Waals surface area (Å²) in [6, 6.07) is 7.06. The van der Waals surface area contributed by atoms with Crippen LogP contribution in [0.3, 0.4) is 0 Å². The molecule has 2 atom stereocenters. The van der Waals surface area contributed by atoms with Crippen LogP contribution in [0, 0.1) is 19.8 Å². The molecule has 1 saturated carbocycles. The van der Waals surface area contributed by atoms with E-state index in [0.717, 1.165) is 12.5 Å². The second kappa shape index (κ2) is 5.85. The van der Waals surface area contributed by atoms with Crippen molar-refractivity contribution in [1.82, 2.24) is 5.32 Å². The molecule has 0 amide bonds. The number of nitrogens with one attached hydrogen (secondary N) is 1. The number of hydrogen-bond acceptors (Lipinski definition) is 2. The topological polar surface area (TPSA) is 21.3 Å². The third-order valence-corrected chi connectivity index (χ3v) is 3.98. The predicted octanol–water partition coefficient (Wildman–Crippen LogP) is 3.38. The Bertz CT molecular complexity index is 398. The lowest BCUT2D eigenvalue weighted by molar-refractivity contribution is 0.0204. The van der Waals surface area contributed by atoms with Gasteiger partial charge in [0.2, 0.25) is 0 Å². The summed E-state index contributed by atoms with van der Waals surface area (Å²) >= 11 is 0. The highest BCUT2D eigenvalue weighted by atomic mass is 16.5. The Hall–Kier alpha value is -0.860. The highest BCUT2D eigenvalue weighted by Crippen LogP contribution is 2.40. The van der Waals surface area contributed by atoms with Crippen molar-refractivity contribution in [3.63, 3.8) is 0 Å². The molecule has 1 aromatic carbocycles. The molecule has 18 heavy (non-hydrogen) atoms. The lowest BCUT2D eigenvalue weighted by Crippen LogP contribution is -2.33. The lowest BCUT2D eigenvalue weighted by Gasteiger charge is -2.27. The SMILES string of the molecule is CCOC(C1CC1)C(NC)c1ccc(C)c(C)c1. The van der Waals surface area contributed by atoms with Gasteiger partial charge in [-0.15, -0.1) is 0 Å². The maximum absolute atomic E-state index is 5.98. The molecule has 1 aliphatic carbocycles. The molecule has 1 aromatic rings. The summed E-state index contributed by atoms with van der Waals surface area (Å²) in [6.45, 7) is 7.22. The fraction of sp³-hybridized carbons (Fsp3) is 0.625. The molecule has 100 valence electrons. The van der Waals surface area contributed by atoms with Gasteiger partial charge in [0.25, 0.3) is 0 Å². The third-order valence-electron chi connectivity index (χ3n) is 3.98. The molecule has 2 unspecified atom stereocenters. The van der Waals surface area contributed by atoms with Gasteiger partial charge in [-0.3, -0.25) is 0 Å². The Morgan fingerprint density at radius 1 is 1.28 bits per heavy atom. The van der Waals surface area contributed by atoms with Crippen LogP contribution in [0.1, 0.15) is 42.5 Å². The summed E-state index contributed by atoms with van der Waals surface area (Å²) in [6.07, 6.45) is 2.95. The summed E-state index contributed by atoms with van der Waals surface area (Å²) < 4.78 is 5.98. The number of ether oxygens (including phenoxy) is 1. The molecule has 0 aromatic heterocycles. The van der Waals surface area contributed by atoms with Crippen LogP contribution in [0.4, 0.5) is 0 Å². The van der Waals surface area contributed by atoms with Gasteiger partial charge in [-0.1, -0.05) is 18.2 Å². The minimum Gasteiger partial charge on any atom is -0.376 e. The van der Waals surface area contributed by atoms with Crippen LogP contribution in [0.2, 0.25) is 0 Å². The van der Waals surface area contributed by atoms with Crippen molar-refractivity contribution in [2.24, 2.45) is 5.92 Å². The van der Waals surface area contributed by atoms with Crippen LogP contribution < -0.4 is 5.32 Å². The minimum absolute atomic E-state index is 0.316. The molecule has 0 spiro atoms. The number of likely N-dealkylation sites (N-methyl/N-ethyl adjacent to an activating group) is 1. The normalized spacial score (nSPS) is 18.7. The van der Waals surface area contributed by atoms with Gasteiger partial charge in [-0.2, -0.15) is 0 Å². The second-order valence-corrected chi connectivity index (χ2v) is 5.37. The van der Waals surface area contributed by atoms with E-state index in [-0.39, 0.29) is 0 Å². The maximum Gasteiger partial charge on any atom is 0.0797 e. The standard InChI is InChI=1S/C16H25NO/c1-5-18-16(13-8-9-13)15(17-4)14-7-6-11(2)12(3)10-14/h6-7,10,13,15-17H,5,8-9H2,1-4H3. The minimum atomic E-state index is 0.316. The van der Waals surface area contributed by atoms with E-state index >= 15 is 0 Å². The number of rotatable bonds is 6. The molecule has 0 bridgehead atoms. The zero-order valence-corrected chi connectivity index (χ0v) is 12.0. The molecule has 1 N–H and O–H groups in total. The van der Waals surface area contributed by atoms with Crippen molar-refractivity contribution in [1.29, 1.82) is 0 Å². The Morgan fingerprint density at radius 2 is 2.00 bits per heavy atom. The number of hydrogen-bond donors (Lipinski definition) is 1. The first-order valence-corrected chi connectivity index (χ1v) is 7.03. The molecule has 0 saturated heterocycles. The average molecular weight is 247 g/mol. The van der Waals surface area contributed by atoms with Crippen molar-refractivity contribution in [3.8, 4) is 0 Å². The fourth-order valence-electron chi connectivity index (χ4n) is 2.60. The molecule has 0 radical (unpaired) electrons. The van der Waals surface area contributed by atoms with Crippen molar-refractivity contribution in [2.45, 2.75) is 45.8 Å². The van der Waals surface area contributed by atoms with Gasteiger partial charge in [0.05, 0.1) is 12.1 Å². The zero-order valence-electron chi connectivity index (χ0n) is 12.0. The van der Waals surface area contributed by atoms with Gasteiger partial charge < -0.3 is 10.1 Å². The van der Waals surface area contributed by atoms with Crippen molar-refractivity contribution in [3.05, 3.63) is 34.9 Å². The van der Waals surface area contributed by atoms with Crippen LogP contribution in [0.15, 0.2) is 18.2 Å². The monoisotopic (exact) mass is 247 g/mol. The van der Waals surface area contributed by atoms with Crippen molar-refractivity contribution in [2.75, 3.05) is 13.7 Å². The first-order chi connectivity index (χ1) is 8.67. The number of benzene rings is 1. The Labute approximate surface area is 111 Å². The molecule has 1 aliphatic rings. The molecule has 0 aliphatic heterocycles. The smallest absolute Gasteiger partial charge is 0.0797 e. The van der Waals surface area contributed by atoms with E-state index in [2.05, 4.69) is 44.3 Å². The van der Waals surface area contributed by atoms with E-state index in [9.17, 15) is 0 Å². The highest BCUT2D eigenvalue weighted by Gasteiger charge is 2.37. The third kappa shape index (κ3) is 2.93. The van der Waals surface area contributed by atoms with Gasteiger partial charge in [-0.05, 0) is 63.3 Å². The van der Waals surface area contributed by atoms with Crippen molar-refractivity contribution < 1.29 is 4.74 Å². The Kier molecular flexibility index (Phi) is 4.41. The Morgan fingerprint density at radius 3 is 2.50 bits per heavy atom. The molecule has 0 heterocycles. The van der Waals surface area contributed by atoms with Crippen LogP contribution in [0.5, 0.6) is 0 Å². The van der Waals surface area contributed by atoms with Crippen molar-refractivity contribution >= 4 is 0 Å². The molecule has 2 rings (SSSR count). The first kappa shape index (κ1) is 13.6. The van der Waals surface area contributed by atoms with Crippen LogP contribution in [-0.4, -0.2) is 19.8 Å². The summed E-state index contributed by atoms with van der Waals surface area (Å²) in [4.78, 5) is 0. The Balaban J connectivity index is 2.22.